The van der Waals surface area contributed by atoms with Crippen molar-refractivity contribution in [2.75, 3.05) is 11.9 Å². The molecule has 1 aliphatic rings. The second-order valence-corrected chi connectivity index (χ2v) is 6.95. The van der Waals surface area contributed by atoms with Gasteiger partial charge in [-0.15, -0.1) is 0 Å². The van der Waals surface area contributed by atoms with Gasteiger partial charge in [-0.05, 0) is 12.3 Å². The number of anilines is 1. The molecule has 1 heterocycles. The van der Waals surface area contributed by atoms with Crippen LogP contribution in [0.3, 0.4) is 0 Å². The molecule has 1 aromatic heterocycles. The van der Waals surface area contributed by atoms with E-state index < -0.39 is 0 Å². The molecule has 0 spiro atoms. The van der Waals surface area contributed by atoms with Crippen LogP contribution in [0.15, 0.2) is 12.4 Å². The average Bonchev–Trinajstić information content (AvgIpc) is 3.15. The van der Waals surface area contributed by atoms with Gasteiger partial charge in [0.05, 0.1) is 18.1 Å². The Morgan fingerprint density at radius 1 is 1.27 bits per heavy atom. The first-order valence-electron chi connectivity index (χ1n) is 7.67. The van der Waals surface area contributed by atoms with Gasteiger partial charge in [-0.25, -0.2) is 9.97 Å². The number of carbonyl (C=O) groups is 2. The van der Waals surface area contributed by atoms with Gasteiger partial charge in [0.1, 0.15) is 5.82 Å². The molecule has 22 heavy (non-hydrogen) atoms. The highest BCUT2D eigenvalue weighted by atomic mass is 16.2. The van der Waals surface area contributed by atoms with Crippen LogP contribution in [0.1, 0.15) is 46.4 Å². The van der Waals surface area contributed by atoms with Crippen LogP contribution < -0.4 is 10.6 Å². The van der Waals surface area contributed by atoms with E-state index in [9.17, 15) is 9.59 Å². The summed E-state index contributed by atoms with van der Waals surface area (Å²) in [5.74, 6) is 1.25. The molecule has 1 fully saturated rings. The summed E-state index contributed by atoms with van der Waals surface area (Å²) in [7, 11) is 0. The number of hydrogen-bond acceptors (Lipinski definition) is 4. The number of amides is 2. The van der Waals surface area contributed by atoms with Crippen molar-refractivity contribution in [2.24, 2.45) is 11.8 Å². The minimum Gasteiger partial charge on any atom is -0.355 e. The lowest BCUT2D eigenvalue weighted by Gasteiger charge is -2.16. The third-order valence-corrected chi connectivity index (χ3v) is 3.70. The third-order valence-electron chi connectivity index (χ3n) is 3.70. The summed E-state index contributed by atoms with van der Waals surface area (Å²) in [5.41, 5.74) is 0.451. The smallest absolute Gasteiger partial charge is 0.226 e. The highest BCUT2D eigenvalue weighted by Gasteiger charge is 2.38. The van der Waals surface area contributed by atoms with Crippen LogP contribution in [-0.2, 0) is 15.0 Å². The Balaban J connectivity index is 1.73. The van der Waals surface area contributed by atoms with Crippen molar-refractivity contribution in [3.8, 4) is 0 Å². The van der Waals surface area contributed by atoms with Crippen molar-refractivity contribution in [1.29, 1.82) is 0 Å². The highest BCUT2D eigenvalue weighted by Crippen LogP contribution is 2.37. The summed E-state index contributed by atoms with van der Waals surface area (Å²) < 4.78 is 0. The topological polar surface area (TPSA) is 84.0 Å². The van der Waals surface area contributed by atoms with E-state index in [4.69, 9.17) is 0 Å². The van der Waals surface area contributed by atoms with Crippen molar-refractivity contribution < 1.29 is 9.59 Å². The minimum absolute atomic E-state index is 0.0539. The Hall–Kier alpha value is -1.98. The molecule has 2 rings (SSSR count). The second kappa shape index (κ2) is 6.42. The predicted octanol–water partition coefficient (Wildman–Crippen LogP) is 1.87. The lowest BCUT2D eigenvalue weighted by Crippen LogP contribution is -2.29. The number of carbonyl (C=O) groups excluding carboxylic acids is 2. The van der Waals surface area contributed by atoms with Gasteiger partial charge in [0, 0.05) is 24.3 Å². The molecule has 1 aromatic rings. The number of hydrogen-bond donors (Lipinski definition) is 2. The van der Waals surface area contributed by atoms with Crippen LogP contribution in [0.25, 0.3) is 0 Å². The van der Waals surface area contributed by atoms with Crippen LogP contribution in [0.4, 0.5) is 5.69 Å². The Kier molecular flexibility index (Phi) is 4.78. The maximum atomic E-state index is 11.8. The van der Waals surface area contributed by atoms with Crippen LogP contribution in [0.5, 0.6) is 0 Å². The van der Waals surface area contributed by atoms with Gasteiger partial charge in [0.2, 0.25) is 11.8 Å². The number of nitrogens with one attached hydrogen (secondary N) is 2. The van der Waals surface area contributed by atoms with Crippen molar-refractivity contribution >= 4 is 17.5 Å². The van der Waals surface area contributed by atoms with E-state index in [1.807, 2.05) is 20.8 Å². The first-order valence-corrected chi connectivity index (χ1v) is 7.67. The maximum Gasteiger partial charge on any atom is 0.226 e. The van der Waals surface area contributed by atoms with E-state index in [1.54, 1.807) is 12.4 Å². The first-order chi connectivity index (χ1) is 10.3. The zero-order valence-electron chi connectivity index (χ0n) is 13.6. The van der Waals surface area contributed by atoms with Gasteiger partial charge in [0.15, 0.2) is 0 Å². The Morgan fingerprint density at radius 3 is 2.36 bits per heavy atom. The second-order valence-electron chi connectivity index (χ2n) is 6.95. The summed E-state index contributed by atoms with van der Waals surface area (Å²) in [6.45, 7) is 8.50. The van der Waals surface area contributed by atoms with Crippen LogP contribution in [0, 0.1) is 11.8 Å². The largest absolute Gasteiger partial charge is 0.355 e. The highest BCUT2D eigenvalue weighted by molar-refractivity contribution is 5.91. The predicted molar refractivity (Wildman–Crippen MR) is 84.3 cm³/mol. The fourth-order valence-corrected chi connectivity index (χ4v) is 2.12. The Morgan fingerprint density at radius 2 is 1.86 bits per heavy atom. The fourth-order valence-electron chi connectivity index (χ4n) is 2.12. The zero-order valence-corrected chi connectivity index (χ0v) is 13.6. The Bertz CT molecular complexity index is 548. The molecule has 0 bridgehead atoms. The molecule has 1 aliphatic carbocycles. The number of aromatic nitrogens is 2. The van der Waals surface area contributed by atoms with Crippen molar-refractivity contribution in [3.05, 3.63) is 18.2 Å². The zero-order chi connectivity index (χ0) is 16.3. The molecular formula is C16H24N4O2. The van der Waals surface area contributed by atoms with Gasteiger partial charge in [-0.2, -0.15) is 0 Å². The molecule has 1 saturated carbocycles. The van der Waals surface area contributed by atoms with Gasteiger partial charge in [-0.1, -0.05) is 27.7 Å². The van der Waals surface area contributed by atoms with Crippen LogP contribution in [-0.4, -0.2) is 28.3 Å². The molecule has 0 aliphatic heterocycles. The third kappa shape index (κ3) is 4.51. The molecular weight excluding hydrogens is 280 g/mol. The van der Waals surface area contributed by atoms with Crippen LogP contribution in [0.2, 0.25) is 0 Å². The molecule has 6 heteroatoms. The number of nitrogens with zero attached hydrogens (tertiary/aromatic N) is 2. The molecule has 0 radical (unpaired) electrons. The molecule has 2 amide bonds. The quantitative estimate of drug-likeness (QED) is 0.870. The van der Waals surface area contributed by atoms with Crippen molar-refractivity contribution in [2.45, 2.75) is 46.0 Å². The summed E-state index contributed by atoms with van der Waals surface area (Å²) >= 11 is 0. The monoisotopic (exact) mass is 304 g/mol. The number of rotatable bonds is 5. The normalized spacial score (nSPS) is 20.4. The van der Waals surface area contributed by atoms with Gasteiger partial charge < -0.3 is 10.6 Å². The van der Waals surface area contributed by atoms with E-state index in [0.717, 1.165) is 12.2 Å². The van der Waals surface area contributed by atoms with E-state index in [2.05, 4.69) is 27.5 Å². The summed E-state index contributed by atoms with van der Waals surface area (Å²) in [4.78, 5) is 31.9. The average molecular weight is 304 g/mol. The minimum atomic E-state index is -0.156. The van der Waals surface area contributed by atoms with E-state index in [0.29, 0.717) is 18.2 Å². The Labute approximate surface area is 131 Å². The first kappa shape index (κ1) is 16.4. The fraction of sp³-hybridized carbons (Fsp3) is 0.625. The van der Waals surface area contributed by atoms with Gasteiger partial charge in [-0.3, -0.25) is 9.59 Å². The maximum absolute atomic E-state index is 11.8. The summed E-state index contributed by atoms with van der Waals surface area (Å²) in [6, 6.07) is 0. The van der Waals surface area contributed by atoms with Crippen molar-refractivity contribution in [1.82, 2.24) is 15.3 Å². The molecule has 0 saturated heterocycles. The van der Waals surface area contributed by atoms with E-state index in [-0.39, 0.29) is 29.6 Å². The standard InChI is InChI=1S/C16H24N4O2/c1-10-7-12(10)14(22)17-6-5-13(21)20-11-8-18-15(19-9-11)16(2,3)4/h8-10,12H,5-7H2,1-4H3,(H,17,22)(H,20,21)/t10-,12+/m1/s1. The molecule has 6 nitrogen and oxygen atoms in total. The molecule has 2 N–H and O–H groups in total. The molecule has 0 unspecified atom stereocenters. The SMILES string of the molecule is C[C@@H]1C[C@@H]1C(=O)NCCC(=O)Nc1cnc(C(C)(C)C)nc1. The van der Waals surface area contributed by atoms with Crippen LogP contribution >= 0.6 is 0 Å². The lowest BCUT2D eigenvalue weighted by atomic mass is 9.96. The molecule has 0 aromatic carbocycles. The van der Waals surface area contributed by atoms with Gasteiger partial charge in [0.25, 0.3) is 0 Å². The van der Waals surface area contributed by atoms with E-state index in [1.165, 1.54) is 0 Å². The summed E-state index contributed by atoms with van der Waals surface area (Å²) in [5, 5.41) is 5.52. The molecule has 2 atom stereocenters. The molecule has 120 valence electrons. The van der Waals surface area contributed by atoms with Crippen molar-refractivity contribution in [3.63, 3.8) is 0 Å². The van der Waals surface area contributed by atoms with E-state index >= 15 is 0 Å². The summed E-state index contributed by atoms with van der Waals surface area (Å²) in [6.07, 6.45) is 4.41. The van der Waals surface area contributed by atoms with Gasteiger partial charge >= 0.3 is 0 Å². The lowest BCUT2D eigenvalue weighted by molar-refractivity contribution is -0.122.